The summed E-state index contributed by atoms with van der Waals surface area (Å²) in [6.45, 7) is 7.99. The number of carboxylic acid groups (broad SMARTS) is 1. The lowest BCUT2D eigenvalue weighted by Gasteiger charge is -2.31. The van der Waals surface area contributed by atoms with Crippen LogP contribution in [0.5, 0.6) is 5.75 Å². The van der Waals surface area contributed by atoms with Gasteiger partial charge in [0.1, 0.15) is 5.75 Å². The molecule has 3 heteroatoms. The monoisotopic (exact) mass is 264 g/mol. The Morgan fingerprint density at radius 3 is 2.32 bits per heavy atom. The van der Waals surface area contributed by atoms with Gasteiger partial charge in [-0.1, -0.05) is 44.9 Å². The van der Waals surface area contributed by atoms with Crippen LogP contribution in [0.2, 0.25) is 0 Å². The van der Waals surface area contributed by atoms with Gasteiger partial charge in [0.25, 0.3) is 0 Å². The highest BCUT2D eigenvalue weighted by atomic mass is 16.5. The Bertz CT molecular complexity index is 411. The van der Waals surface area contributed by atoms with E-state index in [0.717, 1.165) is 12.0 Å². The first-order chi connectivity index (χ1) is 8.93. The summed E-state index contributed by atoms with van der Waals surface area (Å²) < 4.78 is 5.84. The lowest BCUT2D eigenvalue weighted by Crippen LogP contribution is -2.45. The number of hydrogen-bond acceptors (Lipinski definition) is 2. The highest BCUT2D eigenvalue weighted by Crippen LogP contribution is 2.29. The molecule has 0 saturated carbocycles. The molecule has 106 valence electrons. The van der Waals surface area contributed by atoms with E-state index in [1.807, 2.05) is 38.1 Å². The summed E-state index contributed by atoms with van der Waals surface area (Å²) in [7, 11) is 0. The molecule has 0 aliphatic carbocycles. The number of carboxylic acids is 1. The van der Waals surface area contributed by atoms with E-state index in [1.54, 1.807) is 0 Å². The first-order valence-corrected chi connectivity index (χ1v) is 6.92. The van der Waals surface area contributed by atoms with Gasteiger partial charge in [0, 0.05) is 6.42 Å². The zero-order valence-electron chi connectivity index (χ0n) is 12.3. The minimum Gasteiger partial charge on any atom is -0.478 e. The average molecular weight is 264 g/mol. The molecule has 0 aliphatic heterocycles. The average Bonchev–Trinajstić information content (AvgIpc) is 2.40. The summed E-state index contributed by atoms with van der Waals surface area (Å²) in [6, 6.07) is 7.53. The van der Waals surface area contributed by atoms with Crippen LogP contribution >= 0.6 is 0 Å². The molecular formula is C16H24O3. The number of carbonyl (C=O) groups is 1. The third-order valence-corrected chi connectivity index (χ3v) is 3.67. The van der Waals surface area contributed by atoms with Crippen LogP contribution in [0.25, 0.3) is 0 Å². The topological polar surface area (TPSA) is 46.5 Å². The molecule has 3 nitrogen and oxygen atoms in total. The lowest BCUT2D eigenvalue weighted by atomic mass is 9.87. The van der Waals surface area contributed by atoms with Gasteiger partial charge in [0.2, 0.25) is 5.60 Å². The molecule has 2 atom stereocenters. The minimum absolute atomic E-state index is 0.321. The van der Waals surface area contributed by atoms with Gasteiger partial charge in [-0.05, 0) is 31.4 Å². The molecule has 0 heterocycles. The van der Waals surface area contributed by atoms with E-state index in [9.17, 15) is 9.90 Å². The smallest absolute Gasteiger partial charge is 0.348 e. The maximum absolute atomic E-state index is 11.7. The fraction of sp³-hybridized carbons (Fsp3) is 0.562. The van der Waals surface area contributed by atoms with Gasteiger partial charge in [-0.3, -0.25) is 0 Å². The molecule has 1 aromatic rings. The quantitative estimate of drug-likeness (QED) is 0.808. The summed E-state index contributed by atoms with van der Waals surface area (Å²) in [5.41, 5.74) is 0.0109. The summed E-state index contributed by atoms with van der Waals surface area (Å²) in [5, 5.41) is 9.56. The van der Waals surface area contributed by atoms with E-state index < -0.39 is 11.6 Å². The number of aryl methyl sites for hydroxylation is 1. The van der Waals surface area contributed by atoms with Crippen LogP contribution in [0.1, 0.15) is 45.6 Å². The second kappa shape index (κ2) is 6.60. The van der Waals surface area contributed by atoms with Crippen LogP contribution in [-0.2, 0) is 4.79 Å². The fourth-order valence-corrected chi connectivity index (χ4v) is 2.08. The molecule has 0 aliphatic rings. The van der Waals surface area contributed by atoms with Gasteiger partial charge in [-0.25, -0.2) is 4.79 Å². The third-order valence-electron chi connectivity index (χ3n) is 3.67. The van der Waals surface area contributed by atoms with Crippen molar-refractivity contribution in [1.82, 2.24) is 0 Å². The lowest BCUT2D eigenvalue weighted by molar-refractivity contribution is -0.157. The Labute approximate surface area is 115 Å². The molecule has 0 saturated heterocycles. The van der Waals surface area contributed by atoms with Crippen LogP contribution < -0.4 is 4.74 Å². The highest BCUT2D eigenvalue weighted by molar-refractivity contribution is 5.78. The van der Waals surface area contributed by atoms with Crippen molar-refractivity contribution < 1.29 is 14.6 Å². The van der Waals surface area contributed by atoms with Crippen molar-refractivity contribution in [1.29, 1.82) is 0 Å². The van der Waals surface area contributed by atoms with Gasteiger partial charge in [-0.2, -0.15) is 0 Å². The number of benzene rings is 1. The molecule has 2 unspecified atom stereocenters. The first kappa shape index (κ1) is 15.5. The second-order valence-corrected chi connectivity index (χ2v) is 5.29. The van der Waals surface area contributed by atoms with Crippen molar-refractivity contribution in [3.05, 3.63) is 29.8 Å². The summed E-state index contributed by atoms with van der Waals surface area (Å²) >= 11 is 0. The normalized spacial score (nSPS) is 15.6. The molecule has 1 N–H and O–H groups in total. The molecule has 0 bridgehead atoms. The first-order valence-electron chi connectivity index (χ1n) is 6.92. The Balaban J connectivity index is 2.96. The van der Waals surface area contributed by atoms with E-state index in [1.165, 1.54) is 0 Å². The van der Waals surface area contributed by atoms with Crippen LogP contribution in [0.4, 0.5) is 0 Å². The van der Waals surface area contributed by atoms with Crippen molar-refractivity contribution >= 4 is 5.97 Å². The maximum atomic E-state index is 11.7. The Morgan fingerprint density at radius 2 is 1.89 bits per heavy atom. The molecular weight excluding hydrogens is 240 g/mol. The van der Waals surface area contributed by atoms with Gasteiger partial charge in [0.05, 0.1) is 0 Å². The number of ether oxygens (including phenoxy) is 1. The van der Waals surface area contributed by atoms with Crippen molar-refractivity contribution in [3.8, 4) is 5.75 Å². The van der Waals surface area contributed by atoms with E-state index in [-0.39, 0.29) is 0 Å². The van der Waals surface area contributed by atoms with E-state index in [2.05, 4.69) is 13.8 Å². The standard InChI is InChI=1S/C16H24O3/c1-5-12(3)11-16(6-2,15(17)18)19-14-9-7-13(4)8-10-14/h7-10,12H,5-6,11H2,1-4H3,(H,17,18). The van der Waals surface area contributed by atoms with Crippen molar-refractivity contribution in [2.24, 2.45) is 5.92 Å². The van der Waals surface area contributed by atoms with E-state index in [4.69, 9.17) is 4.74 Å². The summed E-state index contributed by atoms with van der Waals surface area (Å²) in [6.07, 6.45) is 1.94. The Kier molecular flexibility index (Phi) is 5.40. The number of aliphatic carboxylic acids is 1. The van der Waals surface area contributed by atoms with Crippen molar-refractivity contribution in [3.63, 3.8) is 0 Å². The minimum atomic E-state index is -1.12. The Morgan fingerprint density at radius 1 is 1.32 bits per heavy atom. The SMILES string of the molecule is CCC(C)CC(CC)(Oc1ccc(C)cc1)C(=O)O. The van der Waals surface area contributed by atoms with Gasteiger partial charge < -0.3 is 9.84 Å². The summed E-state index contributed by atoms with van der Waals surface area (Å²) in [5.74, 6) is 0.0653. The number of rotatable bonds is 7. The third kappa shape index (κ3) is 3.98. The molecule has 0 spiro atoms. The molecule has 0 radical (unpaired) electrons. The fourth-order valence-electron chi connectivity index (χ4n) is 2.08. The van der Waals surface area contributed by atoms with E-state index in [0.29, 0.717) is 24.5 Å². The summed E-state index contributed by atoms with van der Waals surface area (Å²) in [4.78, 5) is 11.7. The van der Waals surface area contributed by atoms with Gasteiger partial charge in [0.15, 0.2) is 0 Å². The highest BCUT2D eigenvalue weighted by Gasteiger charge is 2.40. The molecule has 0 aromatic heterocycles. The molecule has 1 aromatic carbocycles. The van der Waals surface area contributed by atoms with Gasteiger partial charge >= 0.3 is 5.97 Å². The Hall–Kier alpha value is -1.51. The van der Waals surface area contributed by atoms with Crippen LogP contribution in [0.3, 0.4) is 0 Å². The van der Waals surface area contributed by atoms with E-state index >= 15 is 0 Å². The molecule has 1 rings (SSSR count). The predicted molar refractivity (Wildman–Crippen MR) is 76.5 cm³/mol. The van der Waals surface area contributed by atoms with Gasteiger partial charge in [-0.15, -0.1) is 0 Å². The maximum Gasteiger partial charge on any atom is 0.348 e. The molecule has 19 heavy (non-hydrogen) atoms. The second-order valence-electron chi connectivity index (χ2n) is 5.29. The van der Waals surface area contributed by atoms with Crippen LogP contribution in [-0.4, -0.2) is 16.7 Å². The van der Waals surface area contributed by atoms with Crippen LogP contribution in [0, 0.1) is 12.8 Å². The number of hydrogen-bond donors (Lipinski definition) is 1. The van der Waals surface area contributed by atoms with Crippen LogP contribution in [0.15, 0.2) is 24.3 Å². The molecule has 0 amide bonds. The van der Waals surface area contributed by atoms with Crippen molar-refractivity contribution in [2.75, 3.05) is 0 Å². The molecule has 0 fully saturated rings. The van der Waals surface area contributed by atoms with Crippen molar-refractivity contribution in [2.45, 2.75) is 52.6 Å². The predicted octanol–water partition coefficient (Wildman–Crippen LogP) is 4.04. The zero-order valence-corrected chi connectivity index (χ0v) is 12.3. The zero-order chi connectivity index (χ0) is 14.5. The largest absolute Gasteiger partial charge is 0.478 e.